The molecule has 0 atom stereocenters. The van der Waals surface area contributed by atoms with Gasteiger partial charge in [0.25, 0.3) is 0 Å². The molecular formula is C28H37NO5. The Labute approximate surface area is 203 Å². The maximum Gasteiger partial charge on any atom is 0.338 e. The van der Waals surface area contributed by atoms with Gasteiger partial charge in [0, 0.05) is 11.8 Å². The van der Waals surface area contributed by atoms with Crippen molar-refractivity contribution in [2.24, 2.45) is 0 Å². The van der Waals surface area contributed by atoms with Crippen LogP contribution in [0.5, 0.6) is 11.5 Å². The van der Waals surface area contributed by atoms with Gasteiger partial charge in [-0.15, -0.1) is 0 Å². The minimum atomic E-state index is -0.346. The molecule has 0 aliphatic heterocycles. The molecule has 0 radical (unpaired) electrons. The number of carbonyl (C=O) groups excluding carboxylic acids is 2. The van der Waals surface area contributed by atoms with Crippen molar-refractivity contribution in [1.29, 1.82) is 0 Å². The SMILES string of the molecule is CCCCCCOC(=O)c1ccc(NC(=O)/C=C/c2ccc(OCCCC)c(OCC)c2)cc1. The molecule has 0 aliphatic carbocycles. The summed E-state index contributed by atoms with van der Waals surface area (Å²) in [6.45, 7) is 7.78. The zero-order valence-electron chi connectivity index (χ0n) is 20.6. The van der Waals surface area contributed by atoms with E-state index < -0.39 is 0 Å². The van der Waals surface area contributed by atoms with Crippen LogP contribution >= 0.6 is 0 Å². The molecule has 184 valence electrons. The molecule has 6 nitrogen and oxygen atoms in total. The number of esters is 1. The van der Waals surface area contributed by atoms with E-state index in [1.165, 1.54) is 6.08 Å². The molecule has 0 spiro atoms. The molecule has 1 N–H and O–H groups in total. The Hall–Kier alpha value is -3.28. The van der Waals surface area contributed by atoms with E-state index >= 15 is 0 Å². The molecule has 2 aromatic rings. The highest BCUT2D eigenvalue weighted by Gasteiger charge is 2.08. The number of carbonyl (C=O) groups is 2. The number of anilines is 1. The molecule has 0 saturated heterocycles. The van der Waals surface area contributed by atoms with Gasteiger partial charge in [-0.3, -0.25) is 4.79 Å². The highest BCUT2D eigenvalue weighted by Crippen LogP contribution is 2.29. The Morgan fingerprint density at radius 1 is 0.824 bits per heavy atom. The van der Waals surface area contributed by atoms with Gasteiger partial charge in [0.15, 0.2) is 11.5 Å². The van der Waals surface area contributed by atoms with Gasteiger partial charge in [0.2, 0.25) is 5.91 Å². The van der Waals surface area contributed by atoms with Gasteiger partial charge in [-0.1, -0.05) is 45.6 Å². The second-order valence-electron chi connectivity index (χ2n) is 7.94. The molecule has 0 aromatic heterocycles. The van der Waals surface area contributed by atoms with Crippen LogP contribution in [0.25, 0.3) is 6.08 Å². The van der Waals surface area contributed by atoms with Crippen molar-refractivity contribution in [2.75, 3.05) is 25.1 Å². The monoisotopic (exact) mass is 467 g/mol. The van der Waals surface area contributed by atoms with Crippen LogP contribution in [0.15, 0.2) is 48.5 Å². The van der Waals surface area contributed by atoms with E-state index in [0.717, 1.165) is 44.1 Å². The van der Waals surface area contributed by atoms with E-state index in [0.29, 0.717) is 42.6 Å². The normalized spacial score (nSPS) is 10.8. The zero-order chi connectivity index (χ0) is 24.6. The number of benzene rings is 2. The number of unbranched alkanes of at least 4 members (excludes halogenated alkanes) is 4. The third kappa shape index (κ3) is 9.69. The number of rotatable bonds is 15. The van der Waals surface area contributed by atoms with Gasteiger partial charge in [-0.2, -0.15) is 0 Å². The van der Waals surface area contributed by atoms with Gasteiger partial charge in [0.1, 0.15) is 0 Å². The molecule has 1 amide bonds. The second kappa shape index (κ2) is 15.5. The molecule has 0 fully saturated rings. The van der Waals surface area contributed by atoms with Gasteiger partial charge in [-0.05, 0) is 67.8 Å². The highest BCUT2D eigenvalue weighted by molar-refractivity contribution is 6.02. The summed E-state index contributed by atoms with van der Waals surface area (Å²) in [4.78, 5) is 24.4. The Kier molecular flexibility index (Phi) is 12.3. The Morgan fingerprint density at radius 2 is 1.59 bits per heavy atom. The Balaban J connectivity index is 1.89. The van der Waals surface area contributed by atoms with Crippen molar-refractivity contribution in [3.63, 3.8) is 0 Å². The fourth-order valence-corrected chi connectivity index (χ4v) is 3.16. The van der Waals surface area contributed by atoms with E-state index in [2.05, 4.69) is 19.2 Å². The molecular weight excluding hydrogens is 430 g/mol. The predicted molar refractivity (Wildman–Crippen MR) is 137 cm³/mol. The summed E-state index contributed by atoms with van der Waals surface area (Å²) in [7, 11) is 0. The Bertz CT molecular complexity index is 921. The number of hydrogen-bond acceptors (Lipinski definition) is 5. The molecule has 0 aliphatic rings. The zero-order valence-corrected chi connectivity index (χ0v) is 20.6. The van der Waals surface area contributed by atoms with Crippen LogP contribution in [-0.2, 0) is 9.53 Å². The van der Waals surface area contributed by atoms with E-state index in [9.17, 15) is 9.59 Å². The first kappa shape index (κ1) is 27.0. The van der Waals surface area contributed by atoms with Crippen LogP contribution < -0.4 is 14.8 Å². The molecule has 0 unspecified atom stereocenters. The highest BCUT2D eigenvalue weighted by atomic mass is 16.5. The molecule has 2 rings (SSSR count). The topological polar surface area (TPSA) is 73.9 Å². The van der Waals surface area contributed by atoms with Crippen molar-refractivity contribution in [1.82, 2.24) is 0 Å². The van der Waals surface area contributed by atoms with E-state index in [1.807, 2.05) is 25.1 Å². The third-order valence-electron chi connectivity index (χ3n) is 5.07. The smallest absolute Gasteiger partial charge is 0.338 e. The summed E-state index contributed by atoms with van der Waals surface area (Å²) in [6, 6.07) is 12.3. The fraction of sp³-hybridized carbons (Fsp3) is 0.429. The van der Waals surface area contributed by atoms with Gasteiger partial charge < -0.3 is 19.5 Å². The standard InChI is InChI=1S/C28H37NO5/c1-4-7-9-10-20-34-28(31)23-13-15-24(16-14-23)29-27(30)18-12-22-11-17-25(33-19-8-5-2)26(21-22)32-6-3/h11-18,21H,4-10,19-20H2,1-3H3,(H,29,30)/b18-12+. The minimum absolute atomic E-state index is 0.271. The van der Waals surface area contributed by atoms with Crippen molar-refractivity contribution < 1.29 is 23.8 Å². The summed E-state index contributed by atoms with van der Waals surface area (Å²) >= 11 is 0. The molecule has 34 heavy (non-hydrogen) atoms. The van der Waals surface area contributed by atoms with Crippen LogP contribution in [-0.4, -0.2) is 31.7 Å². The first-order chi connectivity index (χ1) is 16.6. The first-order valence-corrected chi connectivity index (χ1v) is 12.2. The lowest BCUT2D eigenvalue weighted by molar-refractivity contribution is -0.111. The van der Waals surface area contributed by atoms with Crippen LogP contribution in [0.1, 0.15) is 75.2 Å². The number of ether oxygens (including phenoxy) is 3. The van der Waals surface area contributed by atoms with E-state index in [4.69, 9.17) is 14.2 Å². The predicted octanol–water partition coefficient (Wildman–Crippen LogP) is 6.65. The van der Waals surface area contributed by atoms with Gasteiger partial charge in [-0.25, -0.2) is 4.79 Å². The second-order valence-corrected chi connectivity index (χ2v) is 7.94. The number of hydrogen-bond donors (Lipinski definition) is 1. The average molecular weight is 468 g/mol. The van der Waals surface area contributed by atoms with Crippen LogP contribution in [0.4, 0.5) is 5.69 Å². The maximum atomic E-state index is 12.3. The van der Waals surface area contributed by atoms with E-state index in [-0.39, 0.29) is 11.9 Å². The number of amides is 1. The summed E-state index contributed by atoms with van der Waals surface area (Å²) in [5, 5.41) is 2.80. The van der Waals surface area contributed by atoms with Crippen LogP contribution in [0.3, 0.4) is 0 Å². The maximum absolute atomic E-state index is 12.3. The lowest BCUT2D eigenvalue weighted by atomic mass is 10.1. The summed E-state index contributed by atoms with van der Waals surface area (Å²) in [5.41, 5.74) is 1.90. The minimum Gasteiger partial charge on any atom is -0.490 e. The molecule has 6 heteroatoms. The lowest BCUT2D eigenvalue weighted by Gasteiger charge is -2.12. The van der Waals surface area contributed by atoms with Gasteiger partial charge in [0.05, 0.1) is 25.4 Å². The lowest BCUT2D eigenvalue weighted by Crippen LogP contribution is -2.09. The van der Waals surface area contributed by atoms with Gasteiger partial charge >= 0.3 is 5.97 Å². The molecule has 0 saturated carbocycles. The average Bonchev–Trinajstić information content (AvgIpc) is 2.84. The Morgan fingerprint density at radius 3 is 2.29 bits per heavy atom. The van der Waals surface area contributed by atoms with Crippen molar-refractivity contribution >= 4 is 23.6 Å². The fourth-order valence-electron chi connectivity index (χ4n) is 3.16. The molecule has 0 heterocycles. The summed E-state index contributed by atoms with van der Waals surface area (Å²) in [6.07, 6.45) is 9.45. The third-order valence-corrected chi connectivity index (χ3v) is 5.07. The van der Waals surface area contributed by atoms with Crippen molar-refractivity contribution in [3.8, 4) is 11.5 Å². The largest absolute Gasteiger partial charge is 0.490 e. The van der Waals surface area contributed by atoms with Crippen molar-refractivity contribution in [3.05, 3.63) is 59.7 Å². The van der Waals surface area contributed by atoms with E-state index in [1.54, 1.807) is 30.3 Å². The summed E-state index contributed by atoms with van der Waals surface area (Å²) < 4.78 is 16.8. The first-order valence-electron chi connectivity index (χ1n) is 12.2. The van der Waals surface area contributed by atoms with Crippen molar-refractivity contribution in [2.45, 2.75) is 59.3 Å². The molecule has 0 bridgehead atoms. The van der Waals surface area contributed by atoms with Crippen LogP contribution in [0.2, 0.25) is 0 Å². The summed E-state index contributed by atoms with van der Waals surface area (Å²) in [5.74, 6) is 0.749. The molecule has 2 aromatic carbocycles. The quantitative estimate of drug-likeness (QED) is 0.180. The number of nitrogens with one attached hydrogen (secondary N) is 1. The van der Waals surface area contributed by atoms with Crippen LogP contribution in [0, 0.1) is 0 Å².